The fourth-order valence-electron chi connectivity index (χ4n) is 3.67. The Morgan fingerprint density at radius 3 is 2.25 bits per heavy atom. The SMILES string of the molecule is Cc1cccc(CCN2CCN(c3ccc(-n4nc(C)cc4C)nn3)CC2)n1. The van der Waals surface area contributed by atoms with E-state index in [9.17, 15) is 0 Å². The molecule has 1 fully saturated rings. The van der Waals surface area contributed by atoms with Crippen LogP contribution in [0.15, 0.2) is 36.4 Å². The average Bonchev–Trinajstić information content (AvgIpc) is 3.05. The second-order valence-corrected chi connectivity index (χ2v) is 7.44. The zero-order valence-electron chi connectivity index (χ0n) is 16.8. The first-order chi connectivity index (χ1) is 13.6. The highest BCUT2D eigenvalue weighted by Crippen LogP contribution is 2.15. The number of rotatable bonds is 5. The number of piperazine rings is 1. The highest BCUT2D eigenvalue weighted by Gasteiger charge is 2.18. The Balaban J connectivity index is 1.31. The van der Waals surface area contributed by atoms with Crippen molar-refractivity contribution in [2.45, 2.75) is 27.2 Å². The van der Waals surface area contributed by atoms with E-state index in [2.05, 4.69) is 42.2 Å². The van der Waals surface area contributed by atoms with Crippen molar-refractivity contribution in [1.82, 2.24) is 29.9 Å². The highest BCUT2D eigenvalue weighted by molar-refractivity contribution is 5.40. The fourth-order valence-corrected chi connectivity index (χ4v) is 3.67. The van der Waals surface area contributed by atoms with Crippen molar-refractivity contribution in [2.75, 3.05) is 37.6 Å². The Labute approximate surface area is 166 Å². The van der Waals surface area contributed by atoms with Gasteiger partial charge in [0.1, 0.15) is 0 Å². The van der Waals surface area contributed by atoms with Crippen LogP contribution in [-0.2, 0) is 6.42 Å². The molecule has 0 bridgehead atoms. The molecule has 0 unspecified atom stereocenters. The lowest BCUT2D eigenvalue weighted by molar-refractivity contribution is 0.259. The molecule has 1 aliphatic rings. The molecule has 7 nitrogen and oxygen atoms in total. The van der Waals surface area contributed by atoms with E-state index < -0.39 is 0 Å². The lowest BCUT2D eigenvalue weighted by atomic mass is 10.2. The summed E-state index contributed by atoms with van der Waals surface area (Å²) in [6, 6.07) is 12.3. The molecule has 0 amide bonds. The maximum atomic E-state index is 4.60. The van der Waals surface area contributed by atoms with Gasteiger partial charge in [0.05, 0.1) is 5.69 Å². The van der Waals surface area contributed by atoms with Crippen molar-refractivity contribution in [1.29, 1.82) is 0 Å². The van der Waals surface area contributed by atoms with Crippen LogP contribution in [0.5, 0.6) is 0 Å². The van der Waals surface area contributed by atoms with Gasteiger partial charge in [-0.25, -0.2) is 4.68 Å². The third kappa shape index (κ3) is 4.20. The van der Waals surface area contributed by atoms with Gasteiger partial charge in [0, 0.05) is 56.2 Å². The molecule has 1 aliphatic heterocycles. The number of aromatic nitrogens is 5. The summed E-state index contributed by atoms with van der Waals surface area (Å²) < 4.78 is 1.84. The van der Waals surface area contributed by atoms with Crippen molar-refractivity contribution >= 4 is 5.82 Å². The number of pyridine rings is 1. The Morgan fingerprint density at radius 1 is 0.857 bits per heavy atom. The van der Waals surface area contributed by atoms with Crippen molar-refractivity contribution in [2.24, 2.45) is 0 Å². The van der Waals surface area contributed by atoms with Gasteiger partial charge in [-0.05, 0) is 51.1 Å². The Bertz CT molecular complexity index is 924. The van der Waals surface area contributed by atoms with E-state index in [0.29, 0.717) is 0 Å². The molecular weight excluding hydrogens is 350 g/mol. The van der Waals surface area contributed by atoms with E-state index in [-0.39, 0.29) is 0 Å². The Hall–Kier alpha value is -2.80. The largest absolute Gasteiger partial charge is 0.353 e. The molecule has 7 heteroatoms. The topological polar surface area (TPSA) is 63.0 Å². The fraction of sp³-hybridized carbons (Fsp3) is 0.429. The Kier molecular flexibility index (Phi) is 5.34. The van der Waals surface area contributed by atoms with Crippen LogP contribution in [0.3, 0.4) is 0 Å². The van der Waals surface area contributed by atoms with Gasteiger partial charge in [0.2, 0.25) is 0 Å². The van der Waals surface area contributed by atoms with Crippen LogP contribution in [0.2, 0.25) is 0 Å². The average molecular weight is 377 g/mol. The number of anilines is 1. The quantitative estimate of drug-likeness (QED) is 0.680. The van der Waals surface area contributed by atoms with Crippen LogP contribution in [0.1, 0.15) is 22.8 Å². The minimum absolute atomic E-state index is 0.763. The smallest absolute Gasteiger partial charge is 0.176 e. The van der Waals surface area contributed by atoms with Gasteiger partial charge in [-0.3, -0.25) is 9.88 Å². The molecule has 0 radical (unpaired) electrons. The zero-order chi connectivity index (χ0) is 19.5. The van der Waals surface area contributed by atoms with Crippen LogP contribution in [0, 0.1) is 20.8 Å². The van der Waals surface area contributed by atoms with Gasteiger partial charge in [0.15, 0.2) is 11.6 Å². The lowest BCUT2D eigenvalue weighted by Gasteiger charge is -2.35. The summed E-state index contributed by atoms with van der Waals surface area (Å²) in [7, 11) is 0. The van der Waals surface area contributed by atoms with Crippen molar-refractivity contribution in [3.05, 3.63) is 59.2 Å². The maximum absolute atomic E-state index is 4.60. The molecule has 0 N–H and O–H groups in total. The van der Waals surface area contributed by atoms with Crippen molar-refractivity contribution < 1.29 is 0 Å². The van der Waals surface area contributed by atoms with Crippen LogP contribution < -0.4 is 4.90 Å². The van der Waals surface area contributed by atoms with Gasteiger partial charge >= 0.3 is 0 Å². The molecule has 28 heavy (non-hydrogen) atoms. The number of aryl methyl sites for hydroxylation is 3. The predicted octanol–water partition coefficient (Wildman–Crippen LogP) is 2.35. The third-order valence-electron chi connectivity index (χ3n) is 5.19. The molecule has 0 aliphatic carbocycles. The highest BCUT2D eigenvalue weighted by atomic mass is 15.4. The number of hydrogen-bond donors (Lipinski definition) is 0. The van der Waals surface area contributed by atoms with Gasteiger partial charge in [-0.15, -0.1) is 10.2 Å². The summed E-state index contributed by atoms with van der Waals surface area (Å²) in [5.74, 6) is 1.70. The molecule has 4 heterocycles. The second kappa shape index (κ2) is 8.06. The van der Waals surface area contributed by atoms with Crippen LogP contribution in [0.4, 0.5) is 5.82 Å². The first kappa shape index (κ1) is 18.6. The summed E-state index contributed by atoms with van der Waals surface area (Å²) in [5.41, 5.74) is 4.31. The summed E-state index contributed by atoms with van der Waals surface area (Å²) in [6.07, 6.45) is 0.999. The maximum Gasteiger partial charge on any atom is 0.176 e. The zero-order valence-corrected chi connectivity index (χ0v) is 16.8. The lowest BCUT2D eigenvalue weighted by Crippen LogP contribution is -2.47. The molecule has 0 spiro atoms. The van der Waals surface area contributed by atoms with E-state index in [1.54, 1.807) is 0 Å². The second-order valence-electron chi connectivity index (χ2n) is 7.44. The molecular formula is C21H27N7. The van der Waals surface area contributed by atoms with E-state index in [4.69, 9.17) is 0 Å². The number of hydrogen-bond acceptors (Lipinski definition) is 6. The van der Waals surface area contributed by atoms with Crippen molar-refractivity contribution in [3.63, 3.8) is 0 Å². The third-order valence-corrected chi connectivity index (χ3v) is 5.19. The van der Waals surface area contributed by atoms with Crippen LogP contribution in [0.25, 0.3) is 5.82 Å². The summed E-state index contributed by atoms with van der Waals surface area (Å²) in [6.45, 7) is 11.1. The van der Waals surface area contributed by atoms with Gasteiger partial charge in [-0.1, -0.05) is 6.07 Å². The Morgan fingerprint density at radius 2 is 1.61 bits per heavy atom. The summed E-state index contributed by atoms with van der Waals surface area (Å²) in [4.78, 5) is 9.40. The number of nitrogens with zero attached hydrogens (tertiary/aromatic N) is 7. The monoisotopic (exact) mass is 377 g/mol. The van der Waals surface area contributed by atoms with E-state index in [0.717, 1.165) is 67.9 Å². The van der Waals surface area contributed by atoms with E-state index in [1.165, 1.54) is 5.69 Å². The standard InChI is InChI=1S/C21H27N7/c1-16-5-4-6-19(22-16)9-10-26-11-13-27(14-12-26)20-7-8-21(24-23-20)28-18(3)15-17(2)25-28/h4-8,15H,9-14H2,1-3H3. The molecule has 3 aromatic rings. The molecule has 0 saturated carbocycles. The summed E-state index contributed by atoms with van der Waals surface area (Å²) >= 11 is 0. The molecule has 3 aromatic heterocycles. The van der Waals surface area contributed by atoms with Crippen molar-refractivity contribution in [3.8, 4) is 5.82 Å². The van der Waals surface area contributed by atoms with Gasteiger partial charge < -0.3 is 4.90 Å². The van der Waals surface area contributed by atoms with Crippen LogP contribution >= 0.6 is 0 Å². The predicted molar refractivity (Wildman–Crippen MR) is 110 cm³/mol. The van der Waals surface area contributed by atoms with E-state index in [1.807, 2.05) is 49.7 Å². The molecule has 146 valence electrons. The molecule has 0 aromatic carbocycles. The normalized spacial score (nSPS) is 15.2. The minimum atomic E-state index is 0.763. The van der Waals surface area contributed by atoms with Gasteiger partial charge in [-0.2, -0.15) is 5.10 Å². The first-order valence-electron chi connectivity index (χ1n) is 9.86. The van der Waals surface area contributed by atoms with Gasteiger partial charge in [0.25, 0.3) is 0 Å². The first-order valence-corrected chi connectivity index (χ1v) is 9.86. The van der Waals surface area contributed by atoms with Crippen LogP contribution in [-0.4, -0.2) is 62.6 Å². The molecule has 4 rings (SSSR count). The minimum Gasteiger partial charge on any atom is -0.353 e. The molecule has 1 saturated heterocycles. The molecule has 0 atom stereocenters. The summed E-state index contributed by atoms with van der Waals surface area (Å²) in [5, 5.41) is 13.3. The van der Waals surface area contributed by atoms with E-state index >= 15 is 0 Å².